The lowest BCUT2D eigenvalue weighted by molar-refractivity contribution is -0.887. The molecule has 0 aliphatic heterocycles. The summed E-state index contributed by atoms with van der Waals surface area (Å²) in [5, 5.41) is 9.59. The largest absolute Gasteiger partial charge is 0.477 e. The number of esters is 2. The Morgan fingerprint density at radius 1 is 0.558 bits per heavy atom. The molecule has 0 fully saturated rings. The van der Waals surface area contributed by atoms with Crippen LogP contribution in [-0.2, 0) is 28.6 Å². The van der Waals surface area contributed by atoms with Crippen LogP contribution in [0, 0.1) is 0 Å². The third kappa shape index (κ3) is 33.9. The third-order valence-electron chi connectivity index (χ3n) is 9.91. The third-order valence-corrected chi connectivity index (χ3v) is 9.91. The topological polar surface area (TPSA) is 99.1 Å². The molecule has 2 unspecified atom stereocenters. The number of likely N-dealkylation sites (N-methyl/N-ethyl adjacent to an activating group) is 1. The van der Waals surface area contributed by atoms with Crippen LogP contribution in [0.4, 0.5) is 0 Å². The van der Waals surface area contributed by atoms with Gasteiger partial charge >= 0.3 is 17.9 Å². The van der Waals surface area contributed by atoms with E-state index in [4.69, 9.17) is 14.2 Å². The number of quaternary nitrogens is 1. The molecule has 1 N–H and O–H groups in total. The van der Waals surface area contributed by atoms with Gasteiger partial charge in [0, 0.05) is 19.3 Å². The van der Waals surface area contributed by atoms with Gasteiger partial charge in [-0.15, -0.1) is 0 Å². The molecule has 52 heavy (non-hydrogen) atoms. The monoisotopic (exact) mass is 739 g/mol. The summed E-state index contributed by atoms with van der Waals surface area (Å²) in [6.45, 7) is 4.69. The van der Waals surface area contributed by atoms with Gasteiger partial charge in [-0.05, 0) is 32.1 Å². The van der Waals surface area contributed by atoms with Gasteiger partial charge in [-0.2, -0.15) is 0 Å². The van der Waals surface area contributed by atoms with Crippen molar-refractivity contribution < 1.29 is 38.2 Å². The summed E-state index contributed by atoms with van der Waals surface area (Å²) in [5.41, 5.74) is 0. The first kappa shape index (κ1) is 50.1. The number of aliphatic carboxylic acids is 1. The Morgan fingerprint density at radius 3 is 1.44 bits per heavy atom. The van der Waals surface area contributed by atoms with Gasteiger partial charge in [0.15, 0.2) is 12.1 Å². The van der Waals surface area contributed by atoms with Gasteiger partial charge in [0.2, 0.25) is 0 Å². The van der Waals surface area contributed by atoms with Crippen LogP contribution in [0.3, 0.4) is 0 Å². The maximum atomic E-state index is 12.7. The number of nitrogens with zero attached hydrogens (tertiary/aromatic N) is 1. The molecular weight excluding hydrogens is 654 g/mol. The Hall–Kier alpha value is -1.93. The lowest BCUT2D eigenvalue weighted by Crippen LogP contribution is -2.50. The van der Waals surface area contributed by atoms with Crippen molar-refractivity contribution in [1.29, 1.82) is 0 Å². The number of hydrogen-bond acceptors (Lipinski definition) is 6. The van der Waals surface area contributed by atoms with E-state index in [-0.39, 0.29) is 36.2 Å². The second-order valence-corrected chi connectivity index (χ2v) is 16.0. The highest BCUT2D eigenvalue weighted by molar-refractivity contribution is 5.72. The molecule has 0 saturated heterocycles. The van der Waals surface area contributed by atoms with Crippen molar-refractivity contribution in [2.75, 3.05) is 41.0 Å². The number of hydrogen-bond donors (Lipinski definition) is 1. The zero-order valence-electron chi connectivity index (χ0n) is 34.8. The van der Waals surface area contributed by atoms with Crippen molar-refractivity contribution in [2.24, 2.45) is 0 Å². The number of allylic oxidation sites excluding steroid dienone is 2. The maximum absolute atomic E-state index is 12.7. The summed E-state index contributed by atoms with van der Waals surface area (Å²) >= 11 is 0. The highest BCUT2D eigenvalue weighted by Crippen LogP contribution is 2.16. The fourth-order valence-corrected chi connectivity index (χ4v) is 6.51. The Labute approximate surface area is 320 Å². The summed E-state index contributed by atoms with van der Waals surface area (Å²) in [7, 11) is 5.52. The van der Waals surface area contributed by atoms with Gasteiger partial charge in [0.1, 0.15) is 6.61 Å². The zero-order chi connectivity index (χ0) is 38.5. The van der Waals surface area contributed by atoms with E-state index >= 15 is 0 Å². The van der Waals surface area contributed by atoms with E-state index < -0.39 is 18.1 Å². The van der Waals surface area contributed by atoms with Gasteiger partial charge in [-0.1, -0.05) is 161 Å². The Balaban J connectivity index is 4.25. The normalized spacial score (nSPS) is 13.0. The molecule has 0 aromatic rings. The second kappa shape index (κ2) is 36.1. The highest BCUT2D eigenvalue weighted by atomic mass is 16.6. The molecule has 0 spiro atoms. The van der Waals surface area contributed by atoms with Crippen molar-refractivity contribution in [2.45, 2.75) is 212 Å². The minimum atomic E-state index is -0.876. The lowest BCUT2D eigenvalue weighted by atomic mass is 10.0. The van der Waals surface area contributed by atoms with Crippen molar-refractivity contribution >= 4 is 17.9 Å². The average molecular weight is 739 g/mol. The average Bonchev–Trinajstić information content (AvgIpc) is 3.09. The second-order valence-electron chi connectivity index (χ2n) is 16.0. The van der Waals surface area contributed by atoms with E-state index in [0.717, 1.165) is 32.1 Å². The number of ether oxygens (including phenoxy) is 3. The Bertz CT molecular complexity index is 869. The smallest absolute Gasteiger partial charge is 0.362 e. The van der Waals surface area contributed by atoms with Crippen LogP contribution in [0.1, 0.15) is 200 Å². The molecule has 0 radical (unpaired) electrons. The van der Waals surface area contributed by atoms with E-state index in [2.05, 4.69) is 26.0 Å². The van der Waals surface area contributed by atoms with Crippen LogP contribution in [0.5, 0.6) is 0 Å². The summed E-state index contributed by atoms with van der Waals surface area (Å²) in [4.78, 5) is 36.8. The Kier molecular flexibility index (Phi) is 34.7. The predicted octanol–water partition coefficient (Wildman–Crippen LogP) is 11.5. The Morgan fingerprint density at radius 2 is 0.981 bits per heavy atom. The van der Waals surface area contributed by atoms with E-state index in [1.165, 1.54) is 128 Å². The lowest BCUT2D eigenvalue weighted by Gasteiger charge is -2.31. The van der Waals surface area contributed by atoms with E-state index in [1.54, 1.807) is 0 Å². The van der Waals surface area contributed by atoms with Crippen molar-refractivity contribution in [3.05, 3.63) is 12.2 Å². The SMILES string of the molecule is CCCCCC/C=C/CCCC(=O)OCC(COCCC(C(=O)O)[N+](C)(C)C)OC(=O)CCCCCCCCCCCCCCCCCCCCC. The minimum absolute atomic E-state index is 0.0580. The predicted molar refractivity (Wildman–Crippen MR) is 215 cm³/mol. The zero-order valence-corrected chi connectivity index (χ0v) is 34.8. The number of unbranched alkanes of at least 4 members (excludes halogenated alkanes) is 23. The molecule has 0 saturated carbocycles. The van der Waals surface area contributed by atoms with Crippen LogP contribution < -0.4 is 0 Å². The van der Waals surface area contributed by atoms with Crippen LogP contribution >= 0.6 is 0 Å². The number of rotatable bonds is 39. The van der Waals surface area contributed by atoms with Crippen molar-refractivity contribution in [3.63, 3.8) is 0 Å². The van der Waals surface area contributed by atoms with Crippen LogP contribution in [0.2, 0.25) is 0 Å². The van der Waals surface area contributed by atoms with E-state index in [1.807, 2.05) is 21.1 Å². The first-order valence-corrected chi connectivity index (χ1v) is 21.7. The first-order chi connectivity index (χ1) is 25.1. The maximum Gasteiger partial charge on any atom is 0.362 e. The molecule has 0 rings (SSSR count). The molecule has 2 atom stereocenters. The molecule has 0 aromatic carbocycles. The molecule has 0 aliphatic carbocycles. The van der Waals surface area contributed by atoms with Gasteiger partial charge in [0.25, 0.3) is 0 Å². The highest BCUT2D eigenvalue weighted by Gasteiger charge is 2.31. The van der Waals surface area contributed by atoms with Gasteiger partial charge in [0.05, 0.1) is 34.4 Å². The summed E-state index contributed by atoms with van der Waals surface area (Å²) in [5.74, 6) is -1.50. The van der Waals surface area contributed by atoms with Crippen LogP contribution in [0.15, 0.2) is 12.2 Å². The molecule has 306 valence electrons. The fourth-order valence-electron chi connectivity index (χ4n) is 6.51. The quantitative estimate of drug-likeness (QED) is 0.0290. The molecular formula is C44H84NO7+. The van der Waals surface area contributed by atoms with E-state index in [9.17, 15) is 19.5 Å². The molecule has 0 amide bonds. The van der Waals surface area contributed by atoms with Crippen LogP contribution in [0.25, 0.3) is 0 Å². The van der Waals surface area contributed by atoms with Crippen molar-refractivity contribution in [3.8, 4) is 0 Å². The molecule has 0 aliphatic rings. The van der Waals surface area contributed by atoms with Gasteiger partial charge in [-0.3, -0.25) is 9.59 Å². The fraction of sp³-hybridized carbons (Fsp3) is 0.886. The number of carboxylic acid groups (broad SMARTS) is 1. The van der Waals surface area contributed by atoms with E-state index in [0.29, 0.717) is 25.7 Å². The summed E-state index contributed by atoms with van der Waals surface area (Å²) in [6.07, 6.45) is 37.0. The van der Waals surface area contributed by atoms with Gasteiger partial charge in [-0.25, -0.2) is 4.79 Å². The number of carboxylic acids is 1. The minimum Gasteiger partial charge on any atom is -0.477 e. The van der Waals surface area contributed by atoms with Crippen LogP contribution in [-0.4, -0.2) is 80.6 Å². The standard InChI is InChI=1S/C44H83NO7/c1-6-8-10-12-14-16-17-18-19-20-21-22-23-24-25-27-29-31-33-35-43(47)52-40(38-50-37-36-41(44(48)49)45(3,4)5)39-51-42(46)34-32-30-28-26-15-13-11-9-7-2/h26,28,40-41H,6-25,27,29-39H2,1-5H3/p+1/b28-26+. The molecule has 0 heterocycles. The molecule has 8 heteroatoms. The summed E-state index contributed by atoms with van der Waals surface area (Å²) in [6, 6.07) is -0.612. The first-order valence-electron chi connectivity index (χ1n) is 21.7. The van der Waals surface area contributed by atoms with Crippen molar-refractivity contribution in [1.82, 2.24) is 0 Å². The number of carbonyl (C=O) groups is 3. The molecule has 0 bridgehead atoms. The molecule has 8 nitrogen and oxygen atoms in total. The summed E-state index contributed by atoms with van der Waals surface area (Å²) < 4.78 is 17.2. The number of carbonyl (C=O) groups excluding carboxylic acids is 2. The van der Waals surface area contributed by atoms with Gasteiger partial charge < -0.3 is 23.8 Å². The molecule has 0 aromatic heterocycles.